The molecule has 3 heteroatoms. The lowest BCUT2D eigenvalue weighted by molar-refractivity contribution is 0.301. The van der Waals surface area contributed by atoms with Crippen LogP contribution >= 0.6 is 0 Å². The molecule has 0 spiro atoms. The van der Waals surface area contributed by atoms with E-state index in [2.05, 4.69) is 32.8 Å². The SMILES string of the molecule is CC[C@@H](c1cc(O)cc(O)c1)[C@@H](C)CN(C)C. The van der Waals surface area contributed by atoms with Crippen molar-refractivity contribution in [3.63, 3.8) is 0 Å². The van der Waals surface area contributed by atoms with Crippen molar-refractivity contribution in [2.24, 2.45) is 5.92 Å². The third kappa shape index (κ3) is 3.93. The quantitative estimate of drug-likeness (QED) is 0.827. The van der Waals surface area contributed by atoms with E-state index < -0.39 is 0 Å². The summed E-state index contributed by atoms with van der Waals surface area (Å²) in [6, 6.07) is 4.87. The summed E-state index contributed by atoms with van der Waals surface area (Å²) < 4.78 is 0. The third-order valence-electron chi connectivity index (χ3n) is 3.13. The number of benzene rings is 1. The molecule has 0 aliphatic heterocycles. The zero-order valence-electron chi connectivity index (χ0n) is 11.1. The van der Waals surface area contributed by atoms with E-state index in [-0.39, 0.29) is 11.5 Å². The summed E-state index contributed by atoms with van der Waals surface area (Å²) in [6.07, 6.45) is 0.998. The molecule has 17 heavy (non-hydrogen) atoms. The molecule has 1 rings (SSSR count). The number of hydrogen-bond acceptors (Lipinski definition) is 3. The Morgan fingerprint density at radius 2 is 1.65 bits per heavy atom. The molecule has 0 fully saturated rings. The van der Waals surface area contributed by atoms with Crippen LogP contribution in [0.2, 0.25) is 0 Å². The fraction of sp³-hybridized carbons (Fsp3) is 0.571. The Morgan fingerprint density at radius 3 is 2.06 bits per heavy atom. The summed E-state index contributed by atoms with van der Waals surface area (Å²) in [5.74, 6) is 1.11. The van der Waals surface area contributed by atoms with Crippen LogP contribution in [0.15, 0.2) is 18.2 Å². The smallest absolute Gasteiger partial charge is 0.119 e. The molecule has 2 atom stereocenters. The Balaban J connectivity index is 2.92. The van der Waals surface area contributed by atoms with E-state index in [1.54, 1.807) is 12.1 Å². The van der Waals surface area contributed by atoms with Gasteiger partial charge in [-0.15, -0.1) is 0 Å². The highest BCUT2D eigenvalue weighted by Crippen LogP contribution is 2.33. The number of phenolic OH excluding ortho intramolecular Hbond substituents is 2. The van der Waals surface area contributed by atoms with E-state index >= 15 is 0 Å². The number of phenols is 2. The molecular weight excluding hydrogens is 214 g/mol. The Kier molecular flexibility index (Phi) is 4.82. The van der Waals surface area contributed by atoms with Crippen molar-refractivity contribution in [1.82, 2.24) is 4.90 Å². The topological polar surface area (TPSA) is 43.7 Å². The summed E-state index contributed by atoms with van der Waals surface area (Å²) in [7, 11) is 4.12. The van der Waals surface area contributed by atoms with Crippen molar-refractivity contribution in [2.75, 3.05) is 20.6 Å². The molecule has 0 aliphatic carbocycles. The Hall–Kier alpha value is -1.22. The van der Waals surface area contributed by atoms with Crippen molar-refractivity contribution in [1.29, 1.82) is 0 Å². The lowest BCUT2D eigenvalue weighted by Crippen LogP contribution is -2.24. The molecule has 0 saturated carbocycles. The highest BCUT2D eigenvalue weighted by Gasteiger charge is 2.19. The number of nitrogens with zero attached hydrogens (tertiary/aromatic N) is 1. The van der Waals surface area contributed by atoms with Crippen molar-refractivity contribution in [2.45, 2.75) is 26.2 Å². The second-order valence-corrected chi connectivity index (χ2v) is 5.04. The fourth-order valence-corrected chi connectivity index (χ4v) is 2.50. The third-order valence-corrected chi connectivity index (χ3v) is 3.13. The maximum atomic E-state index is 9.53. The molecule has 3 nitrogen and oxygen atoms in total. The summed E-state index contributed by atoms with van der Waals surface area (Å²) in [5.41, 5.74) is 1.01. The first-order chi connectivity index (χ1) is 7.93. The van der Waals surface area contributed by atoms with Gasteiger partial charge in [0.25, 0.3) is 0 Å². The second-order valence-electron chi connectivity index (χ2n) is 5.04. The van der Waals surface area contributed by atoms with E-state index in [1.807, 2.05) is 0 Å². The van der Waals surface area contributed by atoms with Gasteiger partial charge in [0.1, 0.15) is 11.5 Å². The largest absolute Gasteiger partial charge is 0.508 e. The van der Waals surface area contributed by atoms with Crippen molar-refractivity contribution in [3.8, 4) is 11.5 Å². The van der Waals surface area contributed by atoms with Crippen molar-refractivity contribution >= 4 is 0 Å². The number of aromatic hydroxyl groups is 2. The van der Waals surface area contributed by atoms with E-state index in [1.165, 1.54) is 6.07 Å². The molecule has 2 N–H and O–H groups in total. The maximum Gasteiger partial charge on any atom is 0.119 e. The van der Waals surface area contributed by atoms with Gasteiger partial charge in [-0.25, -0.2) is 0 Å². The molecule has 0 aromatic heterocycles. The lowest BCUT2D eigenvalue weighted by Gasteiger charge is -2.26. The van der Waals surface area contributed by atoms with Gasteiger partial charge in [0.15, 0.2) is 0 Å². The first-order valence-electron chi connectivity index (χ1n) is 6.11. The Morgan fingerprint density at radius 1 is 1.12 bits per heavy atom. The zero-order valence-corrected chi connectivity index (χ0v) is 11.1. The zero-order chi connectivity index (χ0) is 13.0. The van der Waals surface area contributed by atoms with Gasteiger partial charge in [-0.3, -0.25) is 0 Å². The van der Waals surface area contributed by atoms with Crippen LogP contribution < -0.4 is 0 Å². The van der Waals surface area contributed by atoms with Gasteiger partial charge in [0, 0.05) is 12.6 Å². The van der Waals surface area contributed by atoms with Crippen LogP contribution in [-0.2, 0) is 0 Å². The standard InChI is InChI=1S/C14H23NO2/c1-5-14(10(2)9-15(3)4)11-6-12(16)8-13(17)7-11/h6-8,10,14,16-17H,5,9H2,1-4H3/t10-,14+/m0/s1. The summed E-state index contributed by atoms with van der Waals surface area (Å²) >= 11 is 0. The minimum Gasteiger partial charge on any atom is -0.508 e. The van der Waals surface area contributed by atoms with Crippen LogP contribution in [0.25, 0.3) is 0 Å². The fourth-order valence-electron chi connectivity index (χ4n) is 2.50. The lowest BCUT2D eigenvalue weighted by atomic mass is 9.84. The van der Waals surface area contributed by atoms with Crippen LogP contribution in [0.1, 0.15) is 31.7 Å². The summed E-state index contributed by atoms with van der Waals surface area (Å²) in [5, 5.41) is 19.1. The predicted molar refractivity (Wildman–Crippen MR) is 70.5 cm³/mol. The molecule has 96 valence electrons. The highest BCUT2D eigenvalue weighted by atomic mass is 16.3. The van der Waals surface area contributed by atoms with E-state index in [4.69, 9.17) is 0 Å². The monoisotopic (exact) mass is 237 g/mol. The molecule has 0 amide bonds. The minimum atomic E-state index is 0.135. The van der Waals surface area contributed by atoms with Crippen molar-refractivity contribution < 1.29 is 10.2 Å². The number of hydrogen-bond donors (Lipinski definition) is 2. The molecule has 0 aliphatic rings. The highest BCUT2D eigenvalue weighted by molar-refractivity contribution is 5.38. The predicted octanol–water partition coefficient (Wildman–Crippen LogP) is 2.79. The van der Waals surface area contributed by atoms with Gasteiger partial charge in [0.2, 0.25) is 0 Å². The van der Waals surface area contributed by atoms with Crippen LogP contribution in [0.4, 0.5) is 0 Å². The van der Waals surface area contributed by atoms with Gasteiger partial charge >= 0.3 is 0 Å². The van der Waals surface area contributed by atoms with E-state index in [0.717, 1.165) is 18.5 Å². The summed E-state index contributed by atoms with van der Waals surface area (Å²) in [6.45, 7) is 5.34. The normalized spacial score (nSPS) is 14.9. The average Bonchev–Trinajstić information content (AvgIpc) is 2.15. The van der Waals surface area contributed by atoms with E-state index in [0.29, 0.717) is 11.8 Å². The summed E-state index contributed by atoms with van der Waals surface area (Å²) in [4.78, 5) is 2.16. The second kappa shape index (κ2) is 5.92. The first kappa shape index (κ1) is 13.8. The molecular formula is C14H23NO2. The number of rotatable bonds is 5. The minimum absolute atomic E-state index is 0.135. The molecule has 1 aromatic carbocycles. The molecule has 0 saturated heterocycles. The van der Waals surface area contributed by atoms with Crippen LogP contribution in [-0.4, -0.2) is 35.8 Å². The first-order valence-corrected chi connectivity index (χ1v) is 6.11. The maximum absolute atomic E-state index is 9.53. The molecule has 0 bridgehead atoms. The average molecular weight is 237 g/mol. The molecule has 0 heterocycles. The van der Waals surface area contributed by atoms with Crippen LogP contribution in [0.5, 0.6) is 11.5 Å². The molecule has 0 radical (unpaired) electrons. The van der Waals surface area contributed by atoms with Gasteiger partial charge in [-0.05, 0) is 50.0 Å². The Labute approximate surface area is 104 Å². The Bertz CT molecular complexity index is 343. The van der Waals surface area contributed by atoms with Crippen LogP contribution in [0, 0.1) is 5.92 Å². The molecule has 0 unspecified atom stereocenters. The van der Waals surface area contributed by atoms with Crippen molar-refractivity contribution in [3.05, 3.63) is 23.8 Å². The van der Waals surface area contributed by atoms with Crippen LogP contribution in [0.3, 0.4) is 0 Å². The van der Waals surface area contributed by atoms with Gasteiger partial charge < -0.3 is 15.1 Å². The molecule has 1 aromatic rings. The van der Waals surface area contributed by atoms with E-state index in [9.17, 15) is 10.2 Å². The van der Waals surface area contributed by atoms with Gasteiger partial charge in [0.05, 0.1) is 0 Å². The van der Waals surface area contributed by atoms with Gasteiger partial charge in [-0.1, -0.05) is 13.8 Å². The van der Waals surface area contributed by atoms with Gasteiger partial charge in [-0.2, -0.15) is 0 Å².